The lowest BCUT2D eigenvalue weighted by atomic mass is 9.94. The third-order valence-corrected chi connectivity index (χ3v) is 6.61. The normalized spacial score (nSPS) is 17.9. The molecular formula is C26H22ClNO7. The molecule has 9 heteroatoms. The van der Waals surface area contributed by atoms with Gasteiger partial charge in [0.1, 0.15) is 29.5 Å². The van der Waals surface area contributed by atoms with Gasteiger partial charge < -0.3 is 28.4 Å². The van der Waals surface area contributed by atoms with Gasteiger partial charge in [-0.3, -0.25) is 4.90 Å². The minimum Gasteiger partial charge on any atom is -0.478 e. The van der Waals surface area contributed by atoms with Gasteiger partial charge in [0.15, 0.2) is 23.0 Å². The average molecular weight is 496 g/mol. The number of benzene rings is 3. The molecule has 0 spiro atoms. The van der Waals surface area contributed by atoms with Crippen LogP contribution in [0.4, 0.5) is 0 Å². The first-order chi connectivity index (χ1) is 17.1. The number of carbonyl (C=O) groups excluding carboxylic acids is 1. The Hall–Kier alpha value is -3.62. The molecule has 8 nitrogen and oxygen atoms in total. The summed E-state index contributed by atoms with van der Waals surface area (Å²) in [6.07, 6.45) is -0.696. The Morgan fingerprint density at radius 2 is 1.74 bits per heavy atom. The van der Waals surface area contributed by atoms with Crippen molar-refractivity contribution in [1.29, 1.82) is 0 Å². The van der Waals surface area contributed by atoms with Crippen LogP contribution in [0.1, 0.15) is 38.5 Å². The molecule has 2 unspecified atom stereocenters. The van der Waals surface area contributed by atoms with Crippen molar-refractivity contribution in [2.45, 2.75) is 18.0 Å². The van der Waals surface area contributed by atoms with Gasteiger partial charge in [0.25, 0.3) is 0 Å². The quantitative estimate of drug-likeness (QED) is 0.263. The van der Waals surface area contributed by atoms with E-state index in [2.05, 4.69) is 0 Å². The summed E-state index contributed by atoms with van der Waals surface area (Å²) in [5.41, 5.74) is 2.74. The molecule has 0 N–H and O–H groups in total. The Morgan fingerprint density at radius 1 is 1.00 bits per heavy atom. The third kappa shape index (κ3) is 3.98. The van der Waals surface area contributed by atoms with Crippen LogP contribution >= 0.6 is 11.6 Å². The second-order valence-corrected chi connectivity index (χ2v) is 8.97. The summed E-state index contributed by atoms with van der Waals surface area (Å²) in [5, 5.41) is -0.673. The largest absolute Gasteiger partial charge is 0.478 e. The molecule has 3 aliphatic rings. The fourth-order valence-corrected chi connectivity index (χ4v) is 4.88. The maximum atomic E-state index is 12.8. The van der Waals surface area contributed by atoms with Gasteiger partial charge in [-0.25, -0.2) is 4.79 Å². The van der Waals surface area contributed by atoms with E-state index in [0.29, 0.717) is 47.4 Å². The Morgan fingerprint density at radius 3 is 2.57 bits per heavy atom. The number of ether oxygens (including phenoxy) is 6. The van der Waals surface area contributed by atoms with E-state index in [9.17, 15) is 4.79 Å². The van der Waals surface area contributed by atoms with Gasteiger partial charge in [0.05, 0.1) is 0 Å². The molecule has 180 valence electrons. The number of nitrogens with zero attached hydrogens (tertiary/aromatic N) is 1. The van der Waals surface area contributed by atoms with Crippen molar-refractivity contribution in [2.75, 3.05) is 27.4 Å². The molecular weight excluding hydrogens is 474 g/mol. The average Bonchev–Trinajstić information content (AvgIpc) is 3.60. The summed E-state index contributed by atoms with van der Waals surface area (Å²) in [5.74, 6) is 2.49. The second kappa shape index (κ2) is 8.87. The summed E-state index contributed by atoms with van der Waals surface area (Å²) < 4.78 is 33.8. The molecule has 0 aromatic heterocycles. The molecule has 0 radical (unpaired) electrons. The van der Waals surface area contributed by atoms with Gasteiger partial charge in [-0.2, -0.15) is 0 Å². The maximum Gasteiger partial charge on any atom is 0.343 e. The van der Waals surface area contributed by atoms with Crippen LogP contribution in [0.15, 0.2) is 54.6 Å². The standard InChI is InChI=1S/C26H22ClNO7/c1-28(12-30-16-5-3-2-4-6-16)11-15-9-20-21(33-13-32-20)10-18(15)23(27)24-17-7-8-19-25(34-14-31-19)22(17)26(29)35-24/h2-10,23-24H,11-14H2,1H3. The number of carbonyl (C=O) groups is 1. The van der Waals surface area contributed by atoms with Crippen molar-refractivity contribution in [2.24, 2.45) is 0 Å². The molecule has 0 fully saturated rings. The number of para-hydroxylation sites is 1. The predicted molar refractivity (Wildman–Crippen MR) is 125 cm³/mol. The second-order valence-electron chi connectivity index (χ2n) is 8.50. The number of alkyl halides is 1. The summed E-state index contributed by atoms with van der Waals surface area (Å²) >= 11 is 7.02. The van der Waals surface area contributed by atoms with Gasteiger partial charge in [-0.05, 0) is 48.5 Å². The van der Waals surface area contributed by atoms with Gasteiger partial charge in [-0.15, -0.1) is 11.6 Å². The molecule has 3 heterocycles. The lowest BCUT2D eigenvalue weighted by Gasteiger charge is -2.24. The Balaban J connectivity index is 1.29. The summed E-state index contributed by atoms with van der Waals surface area (Å²) in [6, 6.07) is 17.0. The number of esters is 1. The highest BCUT2D eigenvalue weighted by molar-refractivity contribution is 6.22. The van der Waals surface area contributed by atoms with Crippen molar-refractivity contribution in [3.63, 3.8) is 0 Å². The third-order valence-electron chi connectivity index (χ3n) is 6.15. The molecule has 0 amide bonds. The van der Waals surface area contributed by atoms with E-state index in [0.717, 1.165) is 16.9 Å². The fourth-order valence-electron chi connectivity index (χ4n) is 4.48. The predicted octanol–water partition coefficient (Wildman–Crippen LogP) is 4.80. The van der Waals surface area contributed by atoms with Gasteiger partial charge in [0, 0.05) is 12.1 Å². The lowest BCUT2D eigenvalue weighted by Crippen LogP contribution is -2.24. The van der Waals surface area contributed by atoms with Gasteiger partial charge in [-0.1, -0.05) is 24.3 Å². The molecule has 2 atom stereocenters. The smallest absolute Gasteiger partial charge is 0.343 e. The molecule has 0 aliphatic carbocycles. The van der Waals surface area contributed by atoms with Crippen LogP contribution in [0.25, 0.3) is 0 Å². The van der Waals surface area contributed by atoms with Gasteiger partial charge in [0.2, 0.25) is 13.6 Å². The van der Waals surface area contributed by atoms with Gasteiger partial charge >= 0.3 is 5.97 Å². The lowest BCUT2D eigenvalue weighted by molar-refractivity contribution is 0.0373. The first kappa shape index (κ1) is 21.9. The van der Waals surface area contributed by atoms with Crippen LogP contribution in [0.5, 0.6) is 28.7 Å². The van der Waals surface area contributed by atoms with Crippen molar-refractivity contribution in [1.82, 2.24) is 4.90 Å². The number of fused-ring (bicyclic) bond motifs is 4. The minimum absolute atomic E-state index is 0.0672. The monoisotopic (exact) mass is 495 g/mol. The van der Waals surface area contributed by atoms with E-state index in [1.807, 2.05) is 54.4 Å². The number of halogens is 1. The van der Waals surface area contributed by atoms with E-state index in [-0.39, 0.29) is 13.6 Å². The number of rotatable bonds is 7. The van der Waals surface area contributed by atoms with E-state index in [1.165, 1.54) is 0 Å². The maximum absolute atomic E-state index is 12.8. The van der Waals surface area contributed by atoms with Crippen molar-refractivity contribution < 1.29 is 33.2 Å². The Labute approximate surface area is 206 Å². The number of cyclic esters (lactones) is 1. The van der Waals surface area contributed by atoms with Crippen molar-refractivity contribution in [3.8, 4) is 28.7 Å². The first-order valence-corrected chi connectivity index (χ1v) is 11.6. The zero-order valence-corrected chi connectivity index (χ0v) is 19.6. The highest BCUT2D eigenvalue weighted by Gasteiger charge is 2.42. The zero-order valence-electron chi connectivity index (χ0n) is 18.9. The Kier molecular flexibility index (Phi) is 5.54. The van der Waals surface area contributed by atoms with Crippen LogP contribution in [0.3, 0.4) is 0 Å². The van der Waals surface area contributed by atoms with Crippen LogP contribution in [0, 0.1) is 0 Å². The highest BCUT2D eigenvalue weighted by atomic mass is 35.5. The van der Waals surface area contributed by atoms with Crippen molar-refractivity contribution >= 4 is 17.6 Å². The van der Waals surface area contributed by atoms with E-state index >= 15 is 0 Å². The van der Waals surface area contributed by atoms with Crippen LogP contribution < -0.4 is 23.7 Å². The fraction of sp³-hybridized carbons (Fsp3) is 0.269. The van der Waals surface area contributed by atoms with Crippen LogP contribution in [-0.2, 0) is 11.3 Å². The number of hydrogen-bond acceptors (Lipinski definition) is 8. The van der Waals surface area contributed by atoms with E-state index in [4.69, 9.17) is 40.0 Å². The minimum atomic E-state index is -0.696. The zero-order chi connectivity index (χ0) is 23.9. The number of hydrogen-bond donors (Lipinski definition) is 0. The SMILES string of the molecule is CN(COc1ccccc1)Cc1cc2c(cc1C(Cl)C1OC(=O)c3c1ccc1c3OCO1)OCO2. The first-order valence-electron chi connectivity index (χ1n) is 11.1. The van der Waals surface area contributed by atoms with E-state index in [1.54, 1.807) is 12.1 Å². The summed E-state index contributed by atoms with van der Waals surface area (Å²) in [6.45, 7) is 1.10. The molecule has 3 aromatic rings. The molecule has 3 aromatic carbocycles. The molecule has 3 aliphatic heterocycles. The summed E-state index contributed by atoms with van der Waals surface area (Å²) in [7, 11) is 1.95. The molecule has 35 heavy (non-hydrogen) atoms. The summed E-state index contributed by atoms with van der Waals surface area (Å²) in [4.78, 5) is 14.8. The molecule has 6 rings (SSSR count). The van der Waals surface area contributed by atoms with Crippen molar-refractivity contribution in [3.05, 3.63) is 76.9 Å². The topological polar surface area (TPSA) is 75.7 Å². The van der Waals surface area contributed by atoms with Crippen LogP contribution in [-0.4, -0.2) is 38.2 Å². The van der Waals surface area contributed by atoms with Crippen LogP contribution in [0.2, 0.25) is 0 Å². The highest BCUT2D eigenvalue weighted by Crippen LogP contribution is 2.51. The molecule has 0 saturated heterocycles. The van der Waals surface area contributed by atoms with E-state index < -0.39 is 17.5 Å². The molecule has 0 saturated carbocycles. The molecule has 0 bridgehead atoms. The Bertz CT molecular complexity index is 1280.